The molecule has 0 bridgehead atoms. The molecule has 2 fully saturated rings. The number of phenolic OH excluding ortho intramolecular Hbond substituents is 1. The molecule has 642 valence electrons. The SMILES string of the molecule is COC(=O)C(Br)CCBr.COC(=O)C(CCBr)Oc1c(C)ccc(OC)c1OC.COC(=O)C1(Oc2c(C)ccc(OC)c2OC)CC1.COc1ccc(C)c(O)c1OC.COc1ccc(C)c(OC2(C(=O)O)CC2)c1OC.O=C(O)c1ccccc1CO.O=C1OCc2ccccc21.O=C1OCc2ccccc21.O=C1OCc2ccccc21. The van der Waals surface area contributed by atoms with Crippen LogP contribution in [0.5, 0.6) is 69.0 Å². The number of hydrogen-bond donors (Lipinski definition) is 4. The van der Waals surface area contributed by atoms with E-state index in [-0.39, 0.29) is 52.6 Å². The maximum Gasteiger partial charge on any atom is 0.350 e. The lowest BCUT2D eigenvalue weighted by molar-refractivity contribution is -0.151. The van der Waals surface area contributed by atoms with Gasteiger partial charge in [-0.2, -0.15) is 0 Å². The number of aliphatic carboxylic acids is 1. The largest absolute Gasteiger partial charge is 0.504 e. The summed E-state index contributed by atoms with van der Waals surface area (Å²) in [6.07, 6.45) is 2.89. The van der Waals surface area contributed by atoms with Crippen molar-refractivity contribution in [2.24, 2.45) is 0 Å². The van der Waals surface area contributed by atoms with Crippen LogP contribution < -0.4 is 52.1 Å². The Bertz CT molecular complexity index is 4590. The summed E-state index contributed by atoms with van der Waals surface area (Å²) in [5.74, 6) is 2.06. The van der Waals surface area contributed by atoms with Crippen molar-refractivity contribution in [3.8, 4) is 69.0 Å². The van der Waals surface area contributed by atoms with Gasteiger partial charge in [-0.25, -0.2) is 33.6 Å². The normalized spacial score (nSPS) is 13.4. The van der Waals surface area contributed by atoms with Gasteiger partial charge < -0.3 is 101 Å². The average Bonchev–Trinajstić information content (AvgIpc) is 1.62. The molecule has 8 aromatic carbocycles. The highest BCUT2D eigenvalue weighted by Crippen LogP contribution is 2.50. The van der Waals surface area contributed by atoms with Crippen molar-refractivity contribution in [1.82, 2.24) is 0 Å². The molecule has 5 aliphatic rings. The quantitative estimate of drug-likeness (QED) is 0.0248. The zero-order valence-corrected chi connectivity index (χ0v) is 73.4. The number of benzene rings is 8. The number of cyclic esters (lactones) is 3. The third kappa shape index (κ3) is 27.6. The number of phenols is 1. The van der Waals surface area contributed by atoms with Crippen LogP contribution >= 0.6 is 47.8 Å². The predicted molar refractivity (Wildman–Crippen MR) is 448 cm³/mol. The second kappa shape index (κ2) is 49.0. The lowest BCUT2D eigenvalue weighted by Crippen LogP contribution is -2.31. The van der Waals surface area contributed by atoms with Crippen LogP contribution in [0.4, 0.5) is 0 Å². The van der Waals surface area contributed by atoms with E-state index in [0.717, 1.165) is 50.7 Å². The van der Waals surface area contributed by atoms with E-state index in [1.165, 1.54) is 62.9 Å². The number of rotatable bonds is 24. The van der Waals surface area contributed by atoms with E-state index >= 15 is 0 Å². The highest BCUT2D eigenvalue weighted by atomic mass is 79.9. The number of esters is 6. The molecule has 2 aliphatic carbocycles. The summed E-state index contributed by atoms with van der Waals surface area (Å²) in [6, 6.07) is 43.1. The Kier molecular flexibility index (Phi) is 40.4. The van der Waals surface area contributed by atoms with E-state index < -0.39 is 35.2 Å². The molecule has 3 aliphatic heterocycles. The maximum atomic E-state index is 11.7. The van der Waals surface area contributed by atoms with Gasteiger partial charge in [0.25, 0.3) is 0 Å². The van der Waals surface area contributed by atoms with Crippen molar-refractivity contribution < 1.29 is 139 Å². The van der Waals surface area contributed by atoms with Gasteiger partial charge in [-0.3, -0.25) is 4.79 Å². The van der Waals surface area contributed by atoms with E-state index in [1.807, 2.05) is 93.6 Å². The number of carbonyl (C=O) groups is 8. The minimum absolute atomic E-state index is 0.136. The molecule has 0 spiro atoms. The van der Waals surface area contributed by atoms with Gasteiger partial charge in [-0.05, 0) is 110 Å². The van der Waals surface area contributed by atoms with Gasteiger partial charge in [0.05, 0.1) is 107 Å². The van der Waals surface area contributed by atoms with E-state index in [4.69, 9.17) is 91.1 Å². The van der Waals surface area contributed by atoms with Crippen molar-refractivity contribution in [3.05, 3.63) is 212 Å². The van der Waals surface area contributed by atoms with Crippen LogP contribution in [0.15, 0.2) is 146 Å². The van der Waals surface area contributed by atoms with E-state index in [9.17, 15) is 43.5 Å². The highest BCUT2D eigenvalue weighted by molar-refractivity contribution is 9.10. The van der Waals surface area contributed by atoms with Gasteiger partial charge in [0.1, 0.15) is 24.6 Å². The molecule has 0 amide bonds. The van der Waals surface area contributed by atoms with Crippen LogP contribution in [0.25, 0.3) is 0 Å². The standard InChI is InChI=1S/C14H19BrO5.C14H18O5.C13H16O5.C9H12O3.C8H8O3.3C8H6O2.C5H8Br2O2/c1-9-5-6-10(17-2)13(18-3)12(9)20-11(7-8-15)14(16)19-4;1-9-5-6-10(16-2)12(17-3)11(9)19-14(7-8-14)13(15)18-4;1-8-4-5-9(16-2)11(17-3)10(8)18-13(6-7-13)12(14)15;1-6-4-5-7(11-2)9(12-3)8(6)10;9-5-6-3-1-2-4-7(6)8(10)11;3*9-8-7-4-2-1-3-6(7)5-10-8;1-9-5(8)4(7)2-3-6/h5-6,11H,7-8H2,1-4H3;5-6H,7-8H2,1-4H3;4-5H,6-7H2,1-3H3,(H,14,15);4-5,10H,1-3H3;1-4,9H,5H2,(H,10,11);3*1-4H,5H2;4H,2-3H2,1H3. The topological polar surface area (TPSA) is 374 Å². The van der Waals surface area contributed by atoms with E-state index in [1.54, 1.807) is 95.0 Å². The number of aromatic carboxylic acids is 1. The smallest absolute Gasteiger partial charge is 0.350 e. The Balaban J connectivity index is 0.000000242. The van der Waals surface area contributed by atoms with Gasteiger partial charge >= 0.3 is 47.8 Å². The molecule has 2 unspecified atom stereocenters. The summed E-state index contributed by atoms with van der Waals surface area (Å²) in [7, 11) is 16.3. The minimum Gasteiger partial charge on any atom is -0.504 e. The summed E-state index contributed by atoms with van der Waals surface area (Å²) in [5.41, 5.74) is 7.09. The number of aliphatic hydroxyl groups is 1. The molecule has 8 aromatic rings. The number of hydrogen-bond acceptors (Lipinski definition) is 27. The summed E-state index contributed by atoms with van der Waals surface area (Å²) < 4.78 is 87.2. The molecular formula is C87H99Br3O29. The van der Waals surface area contributed by atoms with Crippen LogP contribution in [-0.4, -0.2) is 179 Å². The first-order chi connectivity index (χ1) is 57.0. The first-order valence-electron chi connectivity index (χ1n) is 36.5. The molecule has 119 heavy (non-hydrogen) atoms. The van der Waals surface area contributed by atoms with Crippen LogP contribution in [0, 0.1) is 27.7 Å². The first kappa shape index (κ1) is 98.1. The molecular weight excluding hydrogens is 1750 g/mol. The second-order valence-corrected chi connectivity index (χ2v) is 28.4. The molecule has 0 aromatic heterocycles. The Hall–Kier alpha value is -11.5. The number of carboxylic acids is 2. The maximum absolute atomic E-state index is 11.7. The third-order valence-electron chi connectivity index (χ3n) is 17.9. The number of aromatic hydroxyl groups is 1. The van der Waals surface area contributed by atoms with Crippen LogP contribution in [0.2, 0.25) is 0 Å². The van der Waals surface area contributed by atoms with E-state index in [0.29, 0.717) is 143 Å². The molecule has 3 heterocycles. The number of fused-ring (bicyclic) bond motifs is 3. The molecule has 0 radical (unpaired) electrons. The second-order valence-electron chi connectivity index (χ2n) is 25.7. The van der Waals surface area contributed by atoms with Crippen LogP contribution in [0.1, 0.15) is 124 Å². The van der Waals surface area contributed by atoms with Gasteiger partial charge in [0.2, 0.25) is 34.2 Å². The van der Waals surface area contributed by atoms with Crippen LogP contribution in [-0.2, 0) is 74.0 Å². The molecule has 2 saturated carbocycles. The van der Waals surface area contributed by atoms with Gasteiger partial charge in [0.15, 0.2) is 52.1 Å². The number of carboxylic acid groups (broad SMARTS) is 2. The molecule has 0 saturated heterocycles. The lowest BCUT2D eigenvalue weighted by atomic mass is 10.1. The van der Waals surface area contributed by atoms with Crippen molar-refractivity contribution >= 4 is 95.5 Å². The lowest BCUT2D eigenvalue weighted by Gasteiger charge is -2.20. The number of methoxy groups -OCH3 is 11. The fourth-order valence-corrected chi connectivity index (χ4v) is 12.8. The Morgan fingerprint density at radius 3 is 1.10 bits per heavy atom. The van der Waals surface area contributed by atoms with Crippen molar-refractivity contribution in [3.63, 3.8) is 0 Å². The minimum atomic E-state index is -1.09. The Labute approximate surface area is 715 Å². The van der Waals surface area contributed by atoms with Crippen molar-refractivity contribution in [1.29, 1.82) is 0 Å². The summed E-state index contributed by atoms with van der Waals surface area (Å²) in [4.78, 5) is 88.1. The number of alkyl halides is 3. The number of halogens is 3. The third-order valence-corrected chi connectivity index (χ3v) is 19.6. The van der Waals surface area contributed by atoms with Crippen LogP contribution in [0.3, 0.4) is 0 Å². The Morgan fingerprint density at radius 2 is 0.773 bits per heavy atom. The molecule has 4 N–H and O–H groups in total. The monoisotopic (exact) mass is 1840 g/mol. The highest BCUT2D eigenvalue weighted by Gasteiger charge is 2.56. The number of aryl methyl sites for hydroxylation is 4. The zero-order chi connectivity index (χ0) is 88.1. The number of carbonyl (C=O) groups excluding carboxylic acids is 6. The fraction of sp³-hybridized carbons (Fsp3) is 0.356. The first-order valence-corrected chi connectivity index (χ1v) is 39.7. The average molecular weight is 1850 g/mol. The molecule has 13 rings (SSSR count). The number of ether oxygens (including phenoxy) is 17. The zero-order valence-electron chi connectivity index (χ0n) is 68.6. The van der Waals surface area contributed by atoms with Gasteiger partial charge in [0, 0.05) is 59.5 Å². The fourth-order valence-electron chi connectivity index (χ4n) is 10.9. The van der Waals surface area contributed by atoms with Gasteiger partial charge in [-0.1, -0.05) is 145 Å². The van der Waals surface area contributed by atoms with Crippen molar-refractivity contribution in [2.75, 3.05) is 88.9 Å². The summed E-state index contributed by atoms with van der Waals surface area (Å²) in [5, 5.41) is 37.4. The van der Waals surface area contributed by atoms with E-state index in [2.05, 4.69) is 52.5 Å². The molecule has 29 nitrogen and oxygen atoms in total. The Morgan fingerprint density at radius 1 is 0.420 bits per heavy atom. The molecule has 2 atom stereocenters. The summed E-state index contributed by atoms with van der Waals surface area (Å²) in [6.45, 7) is 8.50. The number of aliphatic hydroxyl groups excluding tert-OH is 1. The van der Waals surface area contributed by atoms with Crippen molar-refractivity contribution in [2.45, 2.75) is 115 Å². The predicted octanol–water partition coefficient (Wildman–Crippen LogP) is 15.2. The summed E-state index contributed by atoms with van der Waals surface area (Å²) >= 11 is 9.67. The van der Waals surface area contributed by atoms with Gasteiger partial charge in [-0.15, -0.1) is 0 Å². The molecule has 32 heteroatoms.